The molecule has 88 valence electrons. The molecule has 1 N–H and O–H groups in total. The van der Waals surface area contributed by atoms with Crippen LogP contribution in [0.3, 0.4) is 0 Å². The highest BCUT2D eigenvalue weighted by atomic mass is 15.3. The lowest BCUT2D eigenvalue weighted by Crippen LogP contribution is -2.14. The summed E-state index contributed by atoms with van der Waals surface area (Å²) in [4.78, 5) is 0. The Morgan fingerprint density at radius 2 is 2.25 bits per heavy atom. The van der Waals surface area contributed by atoms with E-state index in [1.165, 1.54) is 24.1 Å². The first-order valence-electron chi connectivity index (χ1n) is 6.07. The molecule has 1 saturated carbocycles. The highest BCUT2D eigenvalue weighted by molar-refractivity contribution is 5.24. The molecule has 3 heteroatoms. The Morgan fingerprint density at radius 1 is 1.50 bits per heavy atom. The van der Waals surface area contributed by atoms with Crippen molar-refractivity contribution >= 4 is 0 Å². The molecule has 16 heavy (non-hydrogen) atoms. The van der Waals surface area contributed by atoms with Gasteiger partial charge in [0.25, 0.3) is 0 Å². The fourth-order valence-corrected chi connectivity index (χ4v) is 2.01. The average Bonchev–Trinajstić information content (AvgIpc) is 3.02. The van der Waals surface area contributed by atoms with Crippen molar-refractivity contribution in [2.45, 2.75) is 39.8 Å². The van der Waals surface area contributed by atoms with Gasteiger partial charge >= 0.3 is 0 Å². The fraction of sp³-hybridized carbons (Fsp3) is 0.615. The van der Waals surface area contributed by atoms with Crippen LogP contribution in [0.4, 0.5) is 0 Å². The van der Waals surface area contributed by atoms with E-state index in [-0.39, 0.29) is 0 Å². The number of nitrogens with one attached hydrogen (secondary N) is 1. The zero-order valence-corrected chi connectivity index (χ0v) is 10.3. The minimum Gasteiger partial charge on any atom is -0.309 e. The van der Waals surface area contributed by atoms with E-state index < -0.39 is 0 Å². The highest BCUT2D eigenvalue weighted by Crippen LogP contribution is 2.31. The number of aromatic nitrogens is 2. The Balaban J connectivity index is 2.04. The van der Waals surface area contributed by atoms with Crippen molar-refractivity contribution in [3.8, 4) is 0 Å². The summed E-state index contributed by atoms with van der Waals surface area (Å²) >= 11 is 0. The third kappa shape index (κ3) is 2.53. The Hall–Kier alpha value is -1.09. The van der Waals surface area contributed by atoms with E-state index in [2.05, 4.69) is 35.5 Å². The van der Waals surface area contributed by atoms with Crippen LogP contribution in [0.1, 0.15) is 29.8 Å². The Morgan fingerprint density at radius 3 is 2.88 bits per heavy atom. The van der Waals surface area contributed by atoms with Crippen LogP contribution >= 0.6 is 0 Å². The van der Waals surface area contributed by atoms with Gasteiger partial charge in [0.05, 0.1) is 5.69 Å². The summed E-state index contributed by atoms with van der Waals surface area (Å²) in [5.74, 6) is 0.881. The second kappa shape index (κ2) is 4.83. The van der Waals surface area contributed by atoms with E-state index in [1.807, 2.05) is 6.08 Å². The fourth-order valence-electron chi connectivity index (χ4n) is 2.01. The normalized spacial score (nSPS) is 15.4. The molecule has 0 amide bonds. The smallest absolute Gasteiger partial charge is 0.0641 e. The van der Waals surface area contributed by atoms with Crippen molar-refractivity contribution in [2.75, 3.05) is 6.54 Å². The van der Waals surface area contributed by atoms with Crippen molar-refractivity contribution in [3.05, 3.63) is 29.6 Å². The number of nitrogens with zero attached hydrogens (tertiary/aromatic N) is 2. The van der Waals surface area contributed by atoms with Crippen molar-refractivity contribution in [2.24, 2.45) is 5.92 Å². The molecule has 0 unspecified atom stereocenters. The number of rotatable bonds is 6. The van der Waals surface area contributed by atoms with Gasteiger partial charge in [-0.25, -0.2) is 0 Å². The zero-order valence-electron chi connectivity index (χ0n) is 10.3. The first-order chi connectivity index (χ1) is 7.72. The summed E-state index contributed by atoms with van der Waals surface area (Å²) in [7, 11) is 0. The summed E-state index contributed by atoms with van der Waals surface area (Å²) in [5.41, 5.74) is 3.83. The molecule has 3 nitrogen and oxygen atoms in total. The monoisotopic (exact) mass is 219 g/mol. The van der Waals surface area contributed by atoms with Gasteiger partial charge in [0.2, 0.25) is 0 Å². The number of hydrogen-bond donors (Lipinski definition) is 1. The second-order valence-corrected chi connectivity index (χ2v) is 4.69. The van der Waals surface area contributed by atoms with Gasteiger partial charge in [-0.2, -0.15) is 5.10 Å². The topological polar surface area (TPSA) is 29.9 Å². The predicted molar refractivity (Wildman–Crippen MR) is 66.3 cm³/mol. The molecule has 1 heterocycles. The first kappa shape index (κ1) is 11.4. The number of aryl methyl sites for hydroxylation is 1. The molecule has 1 aromatic heterocycles. The van der Waals surface area contributed by atoms with Gasteiger partial charge < -0.3 is 5.32 Å². The molecule has 0 bridgehead atoms. The first-order valence-corrected chi connectivity index (χ1v) is 6.07. The maximum atomic E-state index is 4.62. The number of hydrogen-bond acceptors (Lipinski definition) is 2. The molecule has 1 aliphatic rings. The largest absolute Gasteiger partial charge is 0.309 e. The van der Waals surface area contributed by atoms with Gasteiger partial charge in [-0.3, -0.25) is 4.68 Å². The summed E-state index contributed by atoms with van der Waals surface area (Å²) in [6.07, 6.45) is 4.64. The molecule has 0 aliphatic heterocycles. The Bertz CT molecular complexity index is 375. The SMILES string of the molecule is C=CCNCc1c(C)nn(CC2CC2)c1C. The lowest BCUT2D eigenvalue weighted by molar-refractivity contribution is 0.546. The van der Waals surface area contributed by atoms with Crippen LogP contribution in [0.25, 0.3) is 0 Å². The molecule has 0 radical (unpaired) electrons. The Kier molecular flexibility index (Phi) is 3.44. The molecule has 1 aromatic rings. The minimum atomic E-state index is 0.854. The van der Waals surface area contributed by atoms with Crippen LogP contribution in [0.5, 0.6) is 0 Å². The minimum absolute atomic E-state index is 0.854. The van der Waals surface area contributed by atoms with Crippen LogP contribution in [-0.2, 0) is 13.1 Å². The molecule has 0 spiro atoms. The van der Waals surface area contributed by atoms with E-state index in [9.17, 15) is 0 Å². The molecular formula is C13H21N3. The van der Waals surface area contributed by atoms with Gasteiger partial charge in [-0.1, -0.05) is 6.08 Å². The van der Waals surface area contributed by atoms with Gasteiger partial charge in [0.1, 0.15) is 0 Å². The molecule has 2 rings (SSSR count). The lowest BCUT2D eigenvalue weighted by atomic mass is 10.2. The van der Waals surface area contributed by atoms with E-state index in [1.54, 1.807) is 0 Å². The van der Waals surface area contributed by atoms with Crippen LogP contribution < -0.4 is 5.32 Å². The van der Waals surface area contributed by atoms with E-state index >= 15 is 0 Å². The molecular weight excluding hydrogens is 198 g/mol. The van der Waals surface area contributed by atoms with Crippen LogP contribution in [0.2, 0.25) is 0 Å². The third-order valence-electron chi connectivity index (χ3n) is 3.25. The molecule has 0 aromatic carbocycles. The average molecular weight is 219 g/mol. The molecule has 1 aliphatic carbocycles. The van der Waals surface area contributed by atoms with Crippen molar-refractivity contribution < 1.29 is 0 Å². The van der Waals surface area contributed by atoms with E-state index in [4.69, 9.17) is 0 Å². The van der Waals surface area contributed by atoms with Crippen LogP contribution in [-0.4, -0.2) is 16.3 Å². The molecule has 1 fully saturated rings. The maximum Gasteiger partial charge on any atom is 0.0641 e. The van der Waals surface area contributed by atoms with Crippen molar-refractivity contribution in [1.82, 2.24) is 15.1 Å². The second-order valence-electron chi connectivity index (χ2n) is 4.69. The summed E-state index contributed by atoms with van der Waals surface area (Å²) < 4.78 is 2.18. The van der Waals surface area contributed by atoms with Crippen molar-refractivity contribution in [3.63, 3.8) is 0 Å². The molecule has 0 saturated heterocycles. The standard InChI is InChI=1S/C13H21N3/c1-4-7-14-8-13-10(2)15-16(11(13)3)9-12-5-6-12/h4,12,14H,1,5-9H2,2-3H3. The zero-order chi connectivity index (χ0) is 11.5. The van der Waals surface area contributed by atoms with E-state index in [0.29, 0.717) is 0 Å². The summed E-state index contributed by atoms with van der Waals surface area (Å²) in [6, 6.07) is 0. The lowest BCUT2D eigenvalue weighted by Gasteiger charge is -2.04. The van der Waals surface area contributed by atoms with Crippen LogP contribution in [0, 0.1) is 19.8 Å². The van der Waals surface area contributed by atoms with Gasteiger partial charge in [-0.05, 0) is 32.6 Å². The van der Waals surface area contributed by atoms with Crippen molar-refractivity contribution in [1.29, 1.82) is 0 Å². The maximum absolute atomic E-state index is 4.62. The summed E-state index contributed by atoms with van der Waals surface area (Å²) in [6.45, 7) is 10.8. The van der Waals surface area contributed by atoms with Gasteiger partial charge in [-0.15, -0.1) is 6.58 Å². The Labute approximate surface area is 97.5 Å². The quantitative estimate of drug-likeness (QED) is 0.587. The van der Waals surface area contributed by atoms with Gasteiger partial charge in [0, 0.05) is 30.9 Å². The summed E-state index contributed by atoms with van der Waals surface area (Å²) in [5, 5.41) is 7.96. The predicted octanol–water partition coefficient (Wildman–Crippen LogP) is 2.19. The third-order valence-corrected chi connectivity index (χ3v) is 3.25. The van der Waals surface area contributed by atoms with Gasteiger partial charge in [0.15, 0.2) is 0 Å². The van der Waals surface area contributed by atoms with Crippen LogP contribution in [0.15, 0.2) is 12.7 Å². The highest BCUT2D eigenvalue weighted by Gasteiger charge is 2.23. The molecule has 0 atom stereocenters. The van der Waals surface area contributed by atoms with E-state index in [0.717, 1.165) is 31.2 Å².